The number of ether oxygens (including phenoxy) is 3. The zero-order valence-corrected chi connectivity index (χ0v) is 14.2. The van der Waals surface area contributed by atoms with Gasteiger partial charge in [-0.3, -0.25) is 0 Å². The van der Waals surface area contributed by atoms with Crippen molar-refractivity contribution in [2.45, 2.75) is 6.61 Å². The first-order valence-corrected chi connectivity index (χ1v) is 8.28. The molecule has 0 atom stereocenters. The van der Waals surface area contributed by atoms with Gasteiger partial charge in [0.05, 0.1) is 29.5 Å². The summed E-state index contributed by atoms with van der Waals surface area (Å²) in [4.78, 5) is 27.6. The highest BCUT2D eigenvalue weighted by atomic mass is 32.1. The molecule has 3 aromatic rings. The number of hydrogen-bond donors (Lipinski definition) is 0. The van der Waals surface area contributed by atoms with Gasteiger partial charge in [0, 0.05) is 0 Å². The highest BCUT2D eigenvalue weighted by Gasteiger charge is 2.09. The smallest absolute Gasteiger partial charge is 0.337 e. The molecule has 1 heterocycles. The number of hydrogen-bond acceptors (Lipinski definition) is 7. The zero-order chi connectivity index (χ0) is 17.6. The average molecular weight is 357 g/mol. The van der Waals surface area contributed by atoms with Crippen LogP contribution in [0.4, 0.5) is 0 Å². The van der Waals surface area contributed by atoms with Crippen LogP contribution in [0, 0.1) is 0 Å². The van der Waals surface area contributed by atoms with Crippen LogP contribution in [-0.4, -0.2) is 30.6 Å². The van der Waals surface area contributed by atoms with Gasteiger partial charge in [-0.25, -0.2) is 14.6 Å². The van der Waals surface area contributed by atoms with Crippen LogP contribution in [0.15, 0.2) is 48.5 Å². The Balaban J connectivity index is 1.48. The van der Waals surface area contributed by atoms with Crippen molar-refractivity contribution in [3.05, 3.63) is 59.1 Å². The standard InChI is InChI=1S/C18H15NO5S/c1-22-18(21)12-6-8-13(9-7-12)24-17(20)11-23-10-16-19-14-4-2-3-5-15(14)25-16/h2-9H,10-11H2,1H3. The molecule has 0 spiro atoms. The van der Waals surface area contributed by atoms with Gasteiger partial charge >= 0.3 is 11.9 Å². The van der Waals surface area contributed by atoms with Gasteiger partial charge in [-0.2, -0.15) is 0 Å². The highest BCUT2D eigenvalue weighted by Crippen LogP contribution is 2.22. The summed E-state index contributed by atoms with van der Waals surface area (Å²) in [5, 5.41) is 0.802. The fraction of sp³-hybridized carbons (Fsp3) is 0.167. The van der Waals surface area contributed by atoms with Crippen molar-refractivity contribution in [3.8, 4) is 5.75 Å². The number of benzene rings is 2. The van der Waals surface area contributed by atoms with Gasteiger partial charge in [0.15, 0.2) is 0 Å². The van der Waals surface area contributed by atoms with Crippen molar-refractivity contribution < 1.29 is 23.8 Å². The topological polar surface area (TPSA) is 74.7 Å². The van der Waals surface area contributed by atoms with E-state index < -0.39 is 11.9 Å². The molecule has 0 saturated carbocycles. The van der Waals surface area contributed by atoms with Gasteiger partial charge in [0.25, 0.3) is 0 Å². The van der Waals surface area contributed by atoms with E-state index >= 15 is 0 Å². The monoisotopic (exact) mass is 357 g/mol. The lowest BCUT2D eigenvalue weighted by atomic mass is 10.2. The number of thiazole rings is 1. The molecule has 0 N–H and O–H groups in total. The van der Waals surface area contributed by atoms with E-state index in [0.29, 0.717) is 11.3 Å². The quantitative estimate of drug-likeness (QED) is 0.498. The van der Waals surface area contributed by atoms with E-state index in [1.165, 1.54) is 42.7 Å². The van der Waals surface area contributed by atoms with Crippen LogP contribution in [-0.2, 0) is 20.9 Å². The normalized spacial score (nSPS) is 10.6. The maximum absolute atomic E-state index is 11.8. The van der Waals surface area contributed by atoms with E-state index in [0.717, 1.165) is 15.2 Å². The van der Waals surface area contributed by atoms with Crippen LogP contribution in [0.5, 0.6) is 5.75 Å². The van der Waals surface area contributed by atoms with Crippen molar-refractivity contribution in [2.75, 3.05) is 13.7 Å². The third kappa shape index (κ3) is 4.40. The second kappa shape index (κ2) is 7.87. The van der Waals surface area contributed by atoms with Crippen LogP contribution in [0.25, 0.3) is 10.2 Å². The maximum atomic E-state index is 11.8. The molecule has 7 heteroatoms. The molecule has 25 heavy (non-hydrogen) atoms. The number of para-hydroxylation sites is 1. The molecule has 0 bridgehead atoms. The summed E-state index contributed by atoms with van der Waals surface area (Å²) in [5.74, 6) is -0.634. The van der Waals surface area contributed by atoms with Crippen LogP contribution in [0.3, 0.4) is 0 Å². The summed E-state index contributed by atoms with van der Waals surface area (Å²) >= 11 is 1.53. The Morgan fingerprint density at radius 3 is 2.56 bits per heavy atom. The van der Waals surface area contributed by atoms with Gasteiger partial charge in [-0.1, -0.05) is 12.1 Å². The van der Waals surface area contributed by atoms with Crippen LogP contribution >= 0.6 is 11.3 Å². The van der Waals surface area contributed by atoms with Gasteiger partial charge in [0.1, 0.15) is 17.4 Å². The van der Waals surface area contributed by atoms with E-state index in [2.05, 4.69) is 9.72 Å². The number of carbonyl (C=O) groups excluding carboxylic acids is 2. The molecule has 128 valence electrons. The minimum atomic E-state index is -0.521. The highest BCUT2D eigenvalue weighted by molar-refractivity contribution is 7.18. The zero-order valence-electron chi connectivity index (χ0n) is 13.4. The fourth-order valence-electron chi connectivity index (χ4n) is 2.14. The van der Waals surface area contributed by atoms with Crippen molar-refractivity contribution in [1.82, 2.24) is 4.98 Å². The van der Waals surface area contributed by atoms with E-state index in [9.17, 15) is 9.59 Å². The Morgan fingerprint density at radius 1 is 1.08 bits per heavy atom. The average Bonchev–Trinajstić information content (AvgIpc) is 3.04. The first-order valence-electron chi connectivity index (χ1n) is 7.47. The molecular formula is C18H15NO5S. The third-order valence-corrected chi connectivity index (χ3v) is 4.30. The first-order chi connectivity index (χ1) is 12.2. The molecule has 0 radical (unpaired) electrons. The molecule has 0 saturated heterocycles. The first kappa shape index (κ1) is 17.1. The molecule has 1 aromatic heterocycles. The Bertz CT molecular complexity index is 855. The molecule has 0 aliphatic rings. The Labute approximate surface area is 148 Å². The SMILES string of the molecule is COC(=O)c1ccc(OC(=O)COCc2nc3ccccc3s2)cc1. The molecule has 0 unspecified atom stereocenters. The number of rotatable bonds is 6. The molecular weight excluding hydrogens is 342 g/mol. The molecule has 6 nitrogen and oxygen atoms in total. The summed E-state index contributed by atoms with van der Waals surface area (Å²) in [6, 6.07) is 13.9. The van der Waals surface area contributed by atoms with Crippen molar-refractivity contribution >= 4 is 33.5 Å². The molecule has 2 aromatic carbocycles. The van der Waals surface area contributed by atoms with Gasteiger partial charge in [-0.05, 0) is 36.4 Å². The predicted molar refractivity (Wildman–Crippen MR) is 92.7 cm³/mol. The number of nitrogens with zero attached hydrogens (tertiary/aromatic N) is 1. The Hall–Kier alpha value is -2.77. The van der Waals surface area contributed by atoms with E-state index in [1.54, 1.807) is 0 Å². The summed E-state index contributed by atoms with van der Waals surface area (Å²) < 4.78 is 16.2. The van der Waals surface area contributed by atoms with Crippen LogP contribution < -0.4 is 4.74 Å². The number of carbonyl (C=O) groups is 2. The summed E-state index contributed by atoms with van der Waals surface area (Å²) in [6.07, 6.45) is 0. The lowest BCUT2D eigenvalue weighted by molar-refractivity contribution is -0.139. The van der Waals surface area contributed by atoms with Crippen molar-refractivity contribution in [1.29, 1.82) is 0 Å². The predicted octanol–water partition coefficient (Wildman–Crippen LogP) is 3.21. The molecule has 0 amide bonds. The minimum Gasteiger partial charge on any atom is -0.465 e. The van der Waals surface area contributed by atoms with Gasteiger partial charge < -0.3 is 14.2 Å². The largest absolute Gasteiger partial charge is 0.465 e. The Morgan fingerprint density at radius 2 is 1.84 bits per heavy atom. The molecule has 0 aliphatic heterocycles. The van der Waals surface area contributed by atoms with Crippen molar-refractivity contribution in [3.63, 3.8) is 0 Å². The summed E-state index contributed by atoms with van der Waals surface area (Å²) in [6.45, 7) is 0.0599. The van der Waals surface area contributed by atoms with E-state index in [-0.39, 0.29) is 13.2 Å². The fourth-order valence-corrected chi connectivity index (χ4v) is 3.05. The maximum Gasteiger partial charge on any atom is 0.337 e. The Kier molecular flexibility index (Phi) is 5.37. The molecule has 0 fully saturated rings. The second-order valence-corrected chi connectivity index (χ2v) is 6.17. The van der Waals surface area contributed by atoms with Crippen molar-refractivity contribution in [2.24, 2.45) is 0 Å². The molecule has 0 aliphatic carbocycles. The molecule has 3 rings (SSSR count). The second-order valence-electron chi connectivity index (χ2n) is 5.06. The van der Waals surface area contributed by atoms with Gasteiger partial charge in [-0.15, -0.1) is 11.3 Å². The van der Waals surface area contributed by atoms with E-state index in [1.807, 2.05) is 24.3 Å². The number of methoxy groups -OCH3 is 1. The van der Waals surface area contributed by atoms with Crippen LogP contribution in [0.2, 0.25) is 0 Å². The van der Waals surface area contributed by atoms with E-state index in [4.69, 9.17) is 9.47 Å². The van der Waals surface area contributed by atoms with Gasteiger partial charge in [0.2, 0.25) is 0 Å². The third-order valence-electron chi connectivity index (χ3n) is 3.29. The van der Waals surface area contributed by atoms with Crippen LogP contribution in [0.1, 0.15) is 15.4 Å². The number of esters is 2. The number of fused-ring (bicyclic) bond motifs is 1. The lowest BCUT2D eigenvalue weighted by Gasteiger charge is -2.05. The summed E-state index contributed by atoms with van der Waals surface area (Å²) in [7, 11) is 1.30. The minimum absolute atomic E-state index is 0.186. The number of aromatic nitrogens is 1. The summed E-state index contributed by atoms with van der Waals surface area (Å²) in [5.41, 5.74) is 1.30. The lowest BCUT2D eigenvalue weighted by Crippen LogP contribution is -2.15.